The predicted octanol–water partition coefficient (Wildman–Crippen LogP) is 1.90. The van der Waals surface area contributed by atoms with Crippen LogP contribution < -0.4 is 0 Å². The molecule has 1 heterocycles. The lowest BCUT2D eigenvalue weighted by Gasteiger charge is -2.47. The molecule has 12 heavy (non-hydrogen) atoms. The molecule has 0 bridgehead atoms. The number of carbonyl (C=O) groups is 1. The van der Waals surface area contributed by atoms with E-state index in [1.165, 1.54) is 6.42 Å². The van der Waals surface area contributed by atoms with E-state index in [0.29, 0.717) is 11.3 Å². The van der Waals surface area contributed by atoms with Gasteiger partial charge in [-0.3, -0.25) is 4.79 Å². The molecule has 1 fully saturated rings. The van der Waals surface area contributed by atoms with Crippen LogP contribution in [0.25, 0.3) is 0 Å². The van der Waals surface area contributed by atoms with Gasteiger partial charge in [0.05, 0.1) is 0 Å². The maximum absolute atomic E-state index is 10.9. The number of hydrogen-bond acceptors (Lipinski definition) is 1. The Labute approximate surface area is 74.9 Å². The number of nitrogens with zero attached hydrogens (tertiary/aromatic N) is 1. The van der Waals surface area contributed by atoms with Gasteiger partial charge in [-0.25, -0.2) is 0 Å². The predicted molar refractivity (Wildman–Crippen MR) is 49.8 cm³/mol. The van der Waals surface area contributed by atoms with Crippen molar-refractivity contribution >= 4 is 5.91 Å². The van der Waals surface area contributed by atoms with Gasteiger partial charge in [-0.2, -0.15) is 0 Å². The third-order valence-corrected chi connectivity index (χ3v) is 3.34. The van der Waals surface area contributed by atoms with Gasteiger partial charge in [0, 0.05) is 20.0 Å². The minimum atomic E-state index is 0.221. The summed E-state index contributed by atoms with van der Waals surface area (Å²) in [6.45, 7) is 10.4. The summed E-state index contributed by atoms with van der Waals surface area (Å²) in [6.07, 6.45) is 1.20. The summed E-state index contributed by atoms with van der Waals surface area (Å²) >= 11 is 0. The van der Waals surface area contributed by atoms with Crippen LogP contribution in [0.15, 0.2) is 0 Å². The van der Waals surface area contributed by atoms with Crippen molar-refractivity contribution < 1.29 is 4.79 Å². The molecule has 0 aromatic heterocycles. The highest BCUT2D eigenvalue weighted by Crippen LogP contribution is 2.36. The lowest BCUT2D eigenvalue weighted by Crippen LogP contribution is -2.54. The molecule has 1 aliphatic rings. The van der Waals surface area contributed by atoms with E-state index in [4.69, 9.17) is 0 Å². The largest absolute Gasteiger partial charge is 0.342 e. The first-order valence-electron chi connectivity index (χ1n) is 4.73. The first-order chi connectivity index (χ1) is 5.47. The summed E-state index contributed by atoms with van der Waals surface area (Å²) in [6, 6.07) is 0. The van der Waals surface area contributed by atoms with Crippen molar-refractivity contribution in [3.05, 3.63) is 0 Å². The highest BCUT2D eigenvalue weighted by molar-refractivity contribution is 5.74. The average Bonchev–Trinajstić information content (AvgIpc) is 1.82. The maximum Gasteiger partial charge on any atom is 0.219 e. The van der Waals surface area contributed by atoms with Crippen LogP contribution in [-0.2, 0) is 4.79 Å². The van der Waals surface area contributed by atoms with Crippen molar-refractivity contribution in [1.82, 2.24) is 4.90 Å². The van der Waals surface area contributed by atoms with Crippen LogP contribution in [-0.4, -0.2) is 23.9 Å². The molecule has 1 amide bonds. The van der Waals surface area contributed by atoms with Gasteiger partial charge in [-0.1, -0.05) is 27.2 Å². The van der Waals surface area contributed by atoms with Crippen LogP contribution in [0.4, 0.5) is 0 Å². The summed E-state index contributed by atoms with van der Waals surface area (Å²) < 4.78 is 0. The summed E-state index contributed by atoms with van der Waals surface area (Å²) in [5.41, 5.74) is 0.409. The van der Waals surface area contributed by atoms with Gasteiger partial charge in [-0.15, -0.1) is 0 Å². The van der Waals surface area contributed by atoms with Crippen molar-refractivity contribution in [2.24, 2.45) is 11.3 Å². The Morgan fingerprint density at radius 1 is 1.50 bits per heavy atom. The molecule has 70 valence electrons. The summed E-state index contributed by atoms with van der Waals surface area (Å²) in [4.78, 5) is 12.8. The Morgan fingerprint density at radius 2 is 2.00 bits per heavy atom. The molecule has 0 aliphatic carbocycles. The highest BCUT2D eigenvalue weighted by atomic mass is 16.2. The Morgan fingerprint density at radius 3 is 2.33 bits per heavy atom. The van der Waals surface area contributed by atoms with Crippen molar-refractivity contribution in [1.29, 1.82) is 0 Å². The molecular weight excluding hydrogens is 150 g/mol. The molecule has 1 rings (SSSR count). The van der Waals surface area contributed by atoms with E-state index in [1.54, 1.807) is 6.92 Å². The molecular formula is C10H19NO. The third-order valence-electron chi connectivity index (χ3n) is 3.34. The molecule has 0 spiro atoms. The highest BCUT2D eigenvalue weighted by Gasteiger charge is 2.38. The van der Waals surface area contributed by atoms with Crippen LogP contribution in [0.2, 0.25) is 0 Å². The monoisotopic (exact) mass is 169 g/mol. The van der Waals surface area contributed by atoms with Crippen LogP contribution >= 0.6 is 0 Å². The zero-order valence-corrected chi connectivity index (χ0v) is 8.55. The van der Waals surface area contributed by atoms with Crippen LogP contribution in [0, 0.1) is 11.3 Å². The van der Waals surface area contributed by atoms with Crippen LogP contribution in [0.5, 0.6) is 0 Å². The van der Waals surface area contributed by atoms with E-state index in [2.05, 4.69) is 20.8 Å². The number of likely N-dealkylation sites (tertiary alicyclic amines) is 1. The number of amides is 1. The SMILES string of the molecule is CCC(C)(C)C1CN(C(C)=O)C1. The maximum atomic E-state index is 10.9. The van der Waals surface area contributed by atoms with E-state index < -0.39 is 0 Å². The second-order valence-corrected chi connectivity index (χ2v) is 4.46. The summed E-state index contributed by atoms with van der Waals surface area (Å²) in [7, 11) is 0. The molecule has 0 aromatic rings. The Balaban J connectivity index is 2.39. The van der Waals surface area contributed by atoms with Crippen molar-refractivity contribution in [2.75, 3.05) is 13.1 Å². The fraction of sp³-hybridized carbons (Fsp3) is 0.900. The molecule has 0 unspecified atom stereocenters. The molecule has 1 aliphatic heterocycles. The van der Waals surface area contributed by atoms with Crippen molar-refractivity contribution in [2.45, 2.75) is 34.1 Å². The number of rotatable bonds is 2. The van der Waals surface area contributed by atoms with Gasteiger partial charge in [0.1, 0.15) is 0 Å². The first kappa shape index (κ1) is 9.56. The fourth-order valence-corrected chi connectivity index (χ4v) is 1.52. The molecule has 0 N–H and O–H groups in total. The van der Waals surface area contributed by atoms with Gasteiger partial charge in [0.25, 0.3) is 0 Å². The van der Waals surface area contributed by atoms with E-state index in [-0.39, 0.29) is 5.91 Å². The molecule has 0 atom stereocenters. The molecule has 0 radical (unpaired) electrons. The van der Waals surface area contributed by atoms with E-state index in [1.807, 2.05) is 4.90 Å². The van der Waals surface area contributed by atoms with Gasteiger partial charge < -0.3 is 4.90 Å². The quantitative estimate of drug-likeness (QED) is 0.618. The van der Waals surface area contributed by atoms with E-state index in [0.717, 1.165) is 13.1 Å². The summed E-state index contributed by atoms with van der Waals surface area (Å²) in [5.74, 6) is 0.935. The topological polar surface area (TPSA) is 20.3 Å². The van der Waals surface area contributed by atoms with E-state index >= 15 is 0 Å². The molecule has 0 saturated carbocycles. The Hall–Kier alpha value is -0.530. The standard InChI is InChI=1S/C10H19NO/c1-5-10(3,4)9-6-11(7-9)8(2)12/h9H,5-7H2,1-4H3. The second kappa shape index (κ2) is 3.08. The smallest absolute Gasteiger partial charge is 0.219 e. The van der Waals surface area contributed by atoms with Gasteiger partial charge >= 0.3 is 0 Å². The van der Waals surface area contributed by atoms with Gasteiger partial charge in [0.15, 0.2) is 0 Å². The minimum absolute atomic E-state index is 0.221. The van der Waals surface area contributed by atoms with Gasteiger partial charge in [-0.05, 0) is 11.3 Å². The molecule has 1 saturated heterocycles. The lowest BCUT2D eigenvalue weighted by atomic mass is 9.72. The van der Waals surface area contributed by atoms with Crippen LogP contribution in [0.1, 0.15) is 34.1 Å². The van der Waals surface area contributed by atoms with Crippen molar-refractivity contribution in [3.63, 3.8) is 0 Å². The Kier molecular flexibility index (Phi) is 2.45. The zero-order valence-electron chi connectivity index (χ0n) is 8.55. The van der Waals surface area contributed by atoms with Gasteiger partial charge in [0.2, 0.25) is 5.91 Å². The third kappa shape index (κ3) is 1.62. The van der Waals surface area contributed by atoms with Crippen LogP contribution in [0.3, 0.4) is 0 Å². The first-order valence-corrected chi connectivity index (χ1v) is 4.73. The minimum Gasteiger partial charge on any atom is -0.342 e. The zero-order chi connectivity index (χ0) is 9.35. The molecule has 0 aromatic carbocycles. The Bertz CT molecular complexity index is 180. The molecule has 2 nitrogen and oxygen atoms in total. The second-order valence-electron chi connectivity index (χ2n) is 4.46. The number of carbonyl (C=O) groups excluding carboxylic acids is 1. The average molecular weight is 169 g/mol. The van der Waals surface area contributed by atoms with E-state index in [9.17, 15) is 4.79 Å². The summed E-state index contributed by atoms with van der Waals surface area (Å²) in [5, 5.41) is 0. The molecule has 2 heteroatoms. The fourth-order valence-electron chi connectivity index (χ4n) is 1.52. The lowest BCUT2D eigenvalue weighted by molar-refractivity contribution is -0.138. The number of hydrogen-bond donors (Lipinski definition) is 0. The normalized spacial score (nSPS) is 19.2. The van der Waals surface area contributed by atoms with Crippen molar-refractivity contribution in [3.8, 4) is 0 Å².